The molecule has 5 heteroatoms. The Hall–Kier alpha value is -0.770. The topological polar surface area (TPSA) is 29.5 Å². The third-order valence-electron chi connectivity index (χ3n) is 3.16. The summed E-state index contributed by atoms with van der Waals surface area (Å²) < 4.78 is 5.34. The van der Waals surface area contributed by atoms with E-state index in [1.165, 1.54) is 0 Å². The van der Waals surface area contributed by atoms with Gasteiger partial charge >= 0.3 is 0 Å². The van der Waals surface area contributed by atoms with Gasteiger partial charge in [-0.25, -0.2) is 0 Å². The highest BCUT2D eigenvalue weighted by Gasteiger charge is 2.28. The summed E-state index contributed by atoms with van der Waals surface area (Å²) in [6.45, 7) is 3.47. The number of hydrogen-bond acceptors (Lipinski definition) is 2. The van der Waals surface area contributed by atoms with Gasteiger partial charge in [0.05, 0.1) is 19.3 Å². The van der Waals surface area contributed by atoms with Gasteiger partial charge in [0.1, 0.15) is 0 Å². The van der Waals surface area contributed by atoms with Gasteiger partial charge in [-0.15, -0.1) is 11.6 Å². The second-order valence-corrected chi connectivity index (χ2v) is 5.01. The van der Waals surface area contributed by atoms with Crippen LogP contribution in [-0.4, -0.2) is 42.5 Å². The Morgan fingerprint density at radius 2 is 2.33 bits per heavy atom. The number of hydrogen-bond donors (Lipinski definition) is 0. The fourth-order valence-electron chi connectivity index (χ4n) is 2.04. The molecule has 1 fully saturated rings. The molecule has 1 unspecified atom stereocenters. The van der Waals surface area contributed by atoms with Crippen LogP contribution in [-0.2, 0) is 4.74 Å². The van der Waals surface area contributed by atoms with Gasteiger partial charge in [0.25, 0.3) is 5.91 Å². The molecule has 0 spiro atoms. The summed E-state index contributed by atoms with van der Waals surface area (Å²) in [4.78, 5) is 14.3. The van der Waals surface area contributed by atoms with Crippen LogP contribution >= 0.6 is 23.2 Å². The van der Waals surface area contributed by atoms with E-state index >= 15 is 0 Å². The Morgan fingerprint density at radius 1 is 1.56 bits per heavy atom. The normalized spacial score (nSPS) is 19.9. The van der Waals surface area contributed by atoms with E-state index < -0.39 is 0 Å². The van der Waals surface area contributed by atoms with Crippen LogP contribution in [0.3, 0.4) is 0 Å². The van der Waals surface area contributed by atoms with Gasteiger partial charge < -0.3 is 9.64 Å². The molecule has 1 aromatic rings. The lowest BCUT2D eigenvalue weighted by Gasteiger charge is -2.34. The van der Waals surface area contributed by atoms with Crippen LogP contribution in [0.25, 0.3) is 0 Å². The third-order valence-corrected chi connectivity index (χ3v) is 3.93. The summed E-state index contributed by atoms with van der Waals surface area (Å²) in [6, 6.07) is 5.31. The Kier molecular flexibility index (Phi) is 4.49. The van der Waals surface area contributed by atoms with Crippen molar-refractivity contribution < 1.29 is 9.53 Å². The highest BCUT2D eigenvalue weighted by Crippen LogP contribution is 2.22. The number of benzene rings is 1. The molecule has 1 atom stereocenters. The summed E-state index contributed by atoms with van der Waals surface area (Å²) in [6.07, 6.45) is 0. The molecule has 1 amide bonds. The largest absolute Gasteiger partial charge is 0.377 e. The SMILES string of the molecule is Cc1c(Cl)cccc1C(=O)N1CCOCC1CCl. The molecule has 0 aliphatic carbocycles. The lowest BCUT2D eigenvalue weighted by atomic mass is 10.1. The summed E-state index contributed by atoms with van der Waals surface area (Å²) in [5.74, 6) is 0.356. The third kappa shape index (κ3) is 2.63. The van der Waals surface area contributed by atoms with Crippen molar-refractivity contribution >= 4 is 29.1 Å². The minimum Gasteiger partial charge on any atom is -0.377 e. The smallest absolute Gasteiger partial charge is 0.254 e. The zero-order valence-electron chi connectivity index (χ0n) is 10.2. The van der Waals surface area contributed by atoms with Crippen LogP contribution in [0.1, 0.15) is 15.9 Å². The number of carbonyl (C=O) groups excluding carboxylic acids is 1. The molecule has 1 aliphatic rings. The summed E-state index contributed by atoms with van der Waals surface area (Å²) >= 11 is 11.9. The predicted octanol–water partition coefficient (Wildman–Crippen LogP) is 2.73. The van der Waals surface area contributed by atoms with Crippen molar-refractivity contribution in [3.05, 3.63) is 34.3 Å². The first-order valence-corrected chi connectivity index (χ1v) is 6.76. The maximum Gasteiger partial charge on any atom is 0.254 e. The van der Waals surface area contributed by atoms with Crippen molar-refractivity contribution in [3.8, 4) is 0 Å². The number of ether oxygens (including phenoxy) is 1. The molecule has 2 rings (SSSR count). The Labute approximate surface area is 117 Å². The lowest BCUT2D eigenvalue weighted by Crippen LogP contribution is -2.49. The molecule has 0 saturated carbocycles. The molecular weight excluding hydrogens is 273 g/mol. The first-order chi connectivity index (χ1) is 8.65. The maximum absolute atomic E-state index is 12.5. The Morgan fingerprint density at radius 3 is 3.06 bits per heavy atom. The van der Waals surface area contributed by atoms with Crippen molar-refractivity contribution in [2.45, 2.75) is 13.0 Å². The Bertz CT molecular complexity index is 451. The van der Waals surface area contributed by atoms with Crippen molar-refractivity contribution in [1.82, 2.24) is 4.90 Å². The fraction of sp³-hybridized carbons (Fsp3) is 0.462. The molecule has 0 radical (unpaired) electrons. The van der Waals surface area contributed by atoms with E-state index in [2.05, 4.69) is 0 Å². The zero-order chi connectivity index (χ0) is 13.1. The quantitative estimate of drug-likeness (QED) is 0.783. The van der Waals surface area contributed by atoms with Gasteiger partial charge in [-0.2, -0.15) is 0 Å². The van der Waals surface area contributed by atoms with E-state index in [0.717, 1.165) is 5.56 Å². The standard InChI is InChI=1S/C13H15Cl2NO2/c1-9-11(3-2-4-12(9)15)13(17)16-5-6-18-8-10(16)7-14/h2-4,10H,5-8H2,1H3. The molecule has 18 heavy (non-hydrogen) atoms. The molecule has 98 valence electrons. The number of alkyl halides is 1. The lowest BCUT2D eigenvalue weighted by molar-refractivity contribution is 0.00452. The van der Waals surface area contributed by atoms with Crippen molar-refractivity contribution in [1.29, 1.82) is 0 Å². The number of nitrogens with zero attached hydrogens (tertiary/aromatic N) is 1. The van der Waals surface area contributed by atoms with E-state index in [-0.39, 0.29) is 11.9 Å². The highest BCUT2D eigenvalue weighted by atomic mass is 35.5. The van der Waals surface area contributed by atoms with E-state index in [0.29, 0.717) is 36.2 Å². The van der Waals surface area contributed by atoms with Gasteiger partial charge in [-0.1, -0.05) is 17.7 Å². The van der Waals surface area contributed by atoms with Crippen LogP contribution in [0.5, 0.6) is 0 Å². The van der Waals surface area contributed by atoms with Crippen LogP contribution in [0, 0.1) is 6.92 Å². The molecule has 1 aromatic carbocycles. The number of morpholine rings is 1. The van der Waals surface area contributed by atoms with Gasteiger partial charge in [-0.3, -0.25) is 4.79 Å². The first kappa shape index (κ1) is 13.7. The number of halogens is 2. The average Bonchev–Trinajstić information content (AvgIpc) is 2.41. The van der Waals surface area contributed by atoms with Gasteiger partial charge in [0.2, 0.25) is 0 Å². The van der Waals surface area contributed by atoms with Gasteiger partial charge in [0.15, 0.2) is 0 Å². The summed E-state index contributed by atoms with van der Waals surface area (Å²) in [7, 11) is 0. The molecular formula is C13H15Cl2NO2. The van der Waals surface area contributed by atoms with Crippen molar-refractivity contribution in [3.63, 3.8) is 0 Å². The second-order valence-electron chi connectivity index (χ2n) is 4.29. The number of rotatable bonds is 2. The maximum atomic E-state index is 12.5. The van der Waals surface area contributed by atoms with E-state index in [1.807, 2.05) is 6.92 Å². The Balaban J connectivity index is 2.27. The average molecular weight is 288 g/mol. The van der Waals surface area contributed by atoms with Crippen molar-refractivity contribution in [2.75, 3.05) is 25.6 Å². The predicted molar refractivity (Wildman–Crippen MR) is 72.6 cm³/mol. The van der Waals surface area contributed by atoms with E-state index in [4.69, 9.17) is 27.9 Å². The minimum atomic E-state index is -0.0636. The molecule has 0 aromatic heterocycles. The number of carbonyl (C=O) groups is 1. The van der Waals surface area contributed by atoms with Crippen LogP contribution in [0.2, 0.25) is 5.02 Å². The summed E-state index contributed by atoms with van der Waals surface area (Å²) in [5, 5.41) is 0.608. The van der Waals surface area contributed by atoms with Crippen LogP contribution in [0.4, 0.5) is 0 Å². The van der Waals surface area contributed by atoms with E-state index in [1.54, 1.807) is 23.1 Å². The molecule has 0 bridgehead atoms. The van der Waals surface area contributed by atoms with Gasteiger partial charge in [0, 0.05) is 23.0 Å². The molecule has 3 nitrogen and oxygen atoms in total. The molecule has 1 saturated heterocycles. The van der Waals surface area contributed by atoms with Crippen molar-refractivity contribution in [2.24, 2.45) is 0 Å². The highest BCUT2D eigenvalue weighted by molar-refractivity contribution is 6.31. The van der Waals surface area contributed by atoms with Crippen LogP contribution < -0.4 is 0 Å². The summed E-state index contributed by atoms with van der Waals surface area (Å²) in [5.41, 5.74) is 1.45. The minimum absolute atomic E-state index is 0.0241. The second kappa shape index (κ2) is 5.91. The van der Waals surface area contributed by atoms with Gasteiger partial charge in [-0.05, 0) is 24.6 Å². The molecule has 0 N–H and O–H groups in total. The van der Waals surface area contributed by atoms with Crippen LogP contribution in [0.15, 0.2) is 18.2 Å². The monoisotopic (exact) mass is 287 g/mol. The fourth-order valence-corrected chi connectivity index (χ4v) is 2.47. The zero-order valence-corrected chi connectivity index (χ0v) is 11.7. The number of amides is 1. The molecule has 1 aliphatic heterocycles. The first-order valence-electron chi connectivity index (χ1n) is 5.85. The molecule has 1 heterocycles. The van der Waals surface area contributed by atoms with E-state index in [9.17, 15) is 4.79 Å².